The van der Waals surface area contributed by atoms with Crippen molar-refractivity contribution in [3.05, 3.63) is 95.2 Å². The first-order valence-corrected chi connectivity index (χ1v) is 14.7. The number of ketones is 1. The highest BCUT2D eigenvalue weighted by atomic mass is 16.4. The lowest BCUT2D eigenvalue weighted by atomic mass is 9.98. The Kier molecular flexibility index (Phi) is 10.5. The maximum atomic E-state index is 13.5. The molecule has 3 aromatic carbocycles. The van der Waals surface area contributed by atoms with E-state index in [4.69, 9.17) is 0 Å². The highest BCUT2D eigenvalue weighted by molar-refractivity contribution is 6.15. The smallest absolute Gasteiger partial charge is 0.353 e. The highest BCUT2D eigenvalue weighted by Crippen LogP contribution is 2.32. The van der Waals surface area contributed by atoms with Gasteiger partial charge in [-0.3, -0.25) is 4.79 Å². The molecular formula is C35H39NO5. The van der Waals surface area contributed by atoms with Crippen LogP contribution in [0.1, 0.15) is 108 Å². The number of unbranched alkanes of at least 4 members (excludes halogenated alkanes) is 8. The Morgan fingerprint density at radius 1 is 0.683 bits per heavy atom. The van der Waals surface area contributed by atoms with Gasteiger partial charge in [0, 0.05) is 23.9 Å². The Morgan fingerprint density at radius 2 is 1.29 bits per heavy atom. The molecule has 0 aliphatic rings. The van der Waals surface area contributed by atoms with Crippen molar-refractivity contribution in [2.24, 2.45) is 0 Å². The fourth-order valence-electron chi connectivity index (χ4n) is 5.60. The summed E-state index contributed by atoms with van der Waals surface area (Å²) in [5.41, 5.74) is 3.79. The molecule has 0 radical (unpaired) electrons. The first-order chi connectivity index (χ1) is 19.9. The van der Waals surface area contributed by atoms with Crippen LogP contribution in [0.4, 0.5) is 0 Å². The topological polar surface area (TPSA) is 96.6 Å². The molecule has 2 N–H and O–H groups in total. The van der Waals surface area contributed by atoms with Crippen LogP contribution in [0.3, 0.4) is 0 Å². The maximum absolute atomic E-state index is 13.5. The molecule has 0 saturated carbocycles. The molecule has 214 valence electrons. The first kappa shape index (κ1) is 29.8. The minimum atomic E-state index is -1.13. The number of hydrogen-bond donors (Lipinski definition) is 2. The van der Waals surface area contributed by atoms with Crippen molar-refractivity contribution >= 4 is 28.6 Å². The number of aromatic nitrogens is 1. The van der Waals surface area contributed by atoms with E-state index in [0.717, 1.165) is 36.0 Å². The van der Waals surface area contributed by atoms with Crippen LogP contribution in [-0.2, 0) is 6.54 Å². The van der Waals surface area contributed by atoms with Gasteiger partial charge in [-0.05, 0) is 41.3 Å². The summed E-state index contributed by atoms with van der Waals surface area (Å²) in [6, 6.07) is 21.7. The van der Waals surface area contributed by atoms with Crippen LogP contribution in [0, 0.1) is 0 Å². The van der Waals surface area contributed by atoms with Gasteiger partial charge in [0.15, 0.2) is 5.78 Å². The molecule has 4 rings (SSSR count). The maximum Gasteiger partial charge on any atom is 0.353 e. The Hall–Kier alpha value is -4.19. The minimum Gasteiger partial charge on any atom is -0.478 e. The van der Waals surface area contributed by atoms with Crippen LogP contribution in [-0.4, -0.2) is 32.5 Å². The van der Waals surface area contributed by atoms with Gasteiger partial charge in [0.25, 0.3) is 0 Å². The lowest BCUT2D eigenvalue weighted by molar-refractivity contribution is 0.0676. The van der Waals surface area contributed by atoms with Crippen LogP contribution in [0.5, 0.6) is 0 Å². The van der Waals surface area contributed by atoms with Crippen LogP contribution in [0.25, 0.3) is 22.0 Å². The van der Waals surface area contributed by atoms with E-state index in [1.807, 2.05) is 48.5 Å². The Labute approximate surface area is 241 Å². The number of rotatable bonds is 16. The second-order valence-electron chi connectivity index (χ2n) is 10.7. The largest absolute Gasteiger partial charge is 0.478 e. The molecule has 0 spiro atoms. The molecule has 0 atom stereocenters. The van der Waals surface area contributed by atoms with E-state index in [1.54, 1.807) is 28.8 Å². The lowest BCUT2D eigenvalue weighted by Gasteiger charge is -2.14. The van der Waals surface area contributed by atoms with Gasteiger partial charge in [-0.1, -0.05) is 113 Å². The summed E-state index contributed by atoms with van der Waals surface area (Å²) in [6.07, 6.45) is 10.6. The molecule has 1 heterocycles. The summed E-state index contributed by atoms with van der Waals surface area (Å²) >= 11 is 0. The lowest BCUT2D eigenvalue weighted by Crippen LogP contribution is -2.14. The van der Waals surface area contributed by atoms with Crippen molar-refractivity contribution in [1.82, 2.24) is 4.57 Å². The number of aromatic carboxylic acids is 2. The van der Waals surface area contributed by atoms with Crippen LogP contribution >= 0.6 is 0 Å². The van der Waals surface area contributed by atoms with Gasteiger partial charge < -0.3 is 14.8 Å². The molecule has 1 aromatic heterocycles. The third kappa shape index (κ3) is 7.31. The predicted octanol–water partition coefficient (Wildman–Crippen LogP) is 8.86. The van der Waals surface area contributed by atoms with Gasteiger partial charge in [0.2, 0.25) is 0 Å². The van der Waals surface area contributed by atoms with Crippen molar-refractivity contribution in [2.75, 3.05) is 0 Å². The number of carbonyl (C=O) groups is 3. The molecule has 41 heavy (non-hydrogen) atoms. The zero-order valence-corrected chi connectivity index (χ0v) is 23.8. The number of Topliss-reactive ketones (excluding diaryl/α,β-unsaturated/α-hetero) is 1. The van der Waals surface area contributed by atoms with Crippen molar-refractivity contribution in [3.63, 3.8) is 0 Å². The van der Waals surface area contributed by atoms with Gasteiger partial charge in [-0.2, -0.15) is 0 Å². The summed E-state index contributed by atoms with van der Waals surface area (Å²) in [7, 11) is 0. The number of carbonyl (C=O) groups excluding carboxylic acids is 1. The van der Waals surface area contributed by atoms with Crippen LogP contribution in [0.2, 0.25) is 0 Å². The Morgan fingerprint density at radius 3 is 1.95 bits per heavy atom. The summed E-state index contributed by atoms with van der Waals surface area (Å²) in [5.74, 6) is -2.24. The molecule has 0 unspecified atom stereocenters. The van der Waals surface area contributed by atoms with Gasteiger partial charge in [-0.25, -0.2) is 9.59 Å². The zero-order valence-electron chi connectivity index (χ0n) is 23.8. The molecule has 6 heteroatoms. The van der Waals surface area contributed by atoms with Gasteiger partial charge >= 0.3 is 11.9 Å². The molecule has 4 aromatic rings. The van der Waals surface area contributed by atoms with Crippen LogP contribution in [0.15, 0.2) is 72.8 Å². The second kappa shape index (κ2) is 14.4. The molecule has 0 amide bonds. The van der Waals surface area contributed by atoms with Gasteiger partial charge in [0.05, 0.1) is 11.1 Å². The number of benzene rings is 3. The summed E-state index contributed by atoms with van der Waals surface area (Å²) in [4.78, 5) is 37.5. The molecule has 0 fully saturated rings. The molecule has 0 aliphatic carbocycles. The van der Waals surface area contributed by atoms with Crippen LogP contribution < -0.4 is 0 Å². The van der Waals surface area contributed by atoms with Crippen molar-refractivity contribution in [1.29, 1.82) is 0 Å². The number of fused-ring (bicyclic) bond motifs is 1. The predicted molar refractivity (Wildman–Crippen MR) is 163 cm³/mol. The number of nitrogens with zero attached hydrogens (tertiary/aromatic N) is 1. The van der Waals surface area contributed by atoms with E-state index in [2.05, 4.69) is 6.92 Å². The van der Waals surface area contributed by atoms with Crippen molar-refractivity contribution in [2.45, 2.75) is 77.7 Å². The second-order valence-corrected chi connectivity index (χ2v) is 10.7. The van der Waals surface area contributed by atoms with E-state index in [0.29, 0.717) is 17.3 Å². The first-order valence-electron chi connectivity index (χ1n) is 14.7. The third-order valence-corrected chi connectivity index (χ3v) is 7.75. The minimum absolute atomic E-state index is 0.0168. The molecule has 6 nitrogen and oxygen atoms in total. The highest BCUT2D eigenvalue weighted by Gasteiger charge is 2.27. The third-order valence-electron chi connectivity index (χ3n) is 7.75. The van der Waals surface area contributed by atoms with E-state index >= 15 is 0 Å². The average molecular weight is 554 g/mol. The number of carboxylic acid groups (broad SMARTS) is 2. The quantitative estimate of drug-likeness (QED) is 0.107. The van der Waals surface area contributed by atoms with E-state index in [-0.39, 0.29) is 29.1 Å². The normalized spacial score (nSPS) is 11.1. The number of carboxylic acids is 2. The van der Waals surface area contributed by atoms with E-state index in [9.17, 15) is 24.6 Å². The fraction of sp³-hybridized carbons (Fsp3) is 0.343. The van der Waals surface area contributed by atoms with Crippen molar-refractivity contribution in [3.8, 4) is 11.1 Å². The summed E-state index contributed by atoms with van der Waals surface area (Å²) < 4.78 is 1.73. The molecule has 0 saturated heterocycles. The van der Waals surface area contributed by atoms with Gasteiger partial charge in [0.1, 0.15) is 5.69 Å². The fourth-order valence-corrected chi connectivity index (χ4v) is 5.60. The molecule has 0 bridgehead atoms. The average Bonchev–Trinajstić information content (AvgIpc) is 3.31. The monoisotopic (exact) mass is 553 g/mol. The van der Waals surface area contributed by atoms with E-state index in [1.165, 1.54) is 38.5 Å². The summed E-state index contributed by atoms with van der Waals surface area (Å²) in [6.45, 7) is 2.47. The van der Waals surface area contributed by atoms with Crippen molar-refractivity contribution < 1.29 is 24.6 Å². The molecule has 0 aliphatic heterocycles. The summed E-state index contributed by atoms with van der Waals surface area (Å²) in [5, 5.41) is 20.3. The SMILES string of the molecule is CCCCCCCCCCCC(=O)c1c(C(=O)O)n(Cc2ccccc2-c2ccc(C(=O)O)cc2)c2ccccc12. The van der Waals surface area contributed by atoms with E-state index < -0.39 is 11.9 Å². The molecular weight excluding hydrogens is 514 g/mol. The van der Waals surface area contributed by atoms with Gasteiger partial charge in [-0.15, -0.1) is 0 Å². The zero-order chi connectivity index (χ0) is 29.2. The number of hydrogen-bond acceptors (Lipinski definition) is 3. The number of para-hydroxylation sites is 1. The standard InChI is InChI=1S/C35H39NO5/c1-2-3-4-5-6-7-8-9-10-19-31(37)32-29-17-13-14-18-30(29)36(33(32)35(40)41)24-27-15-11-12-16-28(27)25-20-22-26(23-21-25)34(38)39/h11-18,20-23H,2-10,19,24H2,1H3,(H,38,39)(H,40,41). The Balaban J connectivity index is 1.58. The Bertz CT molecular complexity index is 1500.